The largest absolute Gasteiger partial charge is 0.493 e. The fourth-order valence-corrected chi connectivity index (χ4v) is 1.64. The standard InChI is InChI=1S/C14H23NO/c1-5-8-16-13-7-6-12(9-11(13)4)14(15)10(2)3/h6-7,9-10,14H,5,8,15H2,1-4H3/t14-/m0/s1. The molecule has 0 radical (unpaired) electrons. The van der Waals surface area contributed by atoms with E-state index in [1.54, 1.807) is 0 Å². The third-order valence-corrected chi connectivity index (χ3v) is 2.76. The first-order chi connectivity index (χ1) is 7.56. The Kier molecular flexibility index (Phi) is 4.81. The highest BCUT2D eigenvalue weighted by molar-refractivity contribution is 5.37. The lowest BCUT2D eigenvalue weighted by molar-refractivity contribution is 0.315. The fourth-order valence-electron chi connectivity index (χ4n) is 1.64. The minimum Gasteiger partial charge on any atom is -0.493 e. The number of rotatable bonds is 5. The summed E-state index contributed by atoms with van der Waals surface area (Å²) in [6.45, 7) is 9.24. The van der Waals surface area contributed by atoms with Crippen LogP contribution in [0.15, 0.2) is 18.2 Å². The van der Waals surface area contributed by atoms with E-state index in [9.17, 15) is 0 Å². The zero-order chi connectivity index (χ0) is 12.1. The van der Waals surface area contributed by atoms with Gasteiger partial charge in [0.1, 0.15) is 5.75 Å². The van der Waals surface area contributed by atoms with Gasteiger partial charge in [-0.3, -0.25) is 0 Å². The highest BCUT2D eigenvalue weighted by atomic mass is 16.5. The normalized spacial score (nSPS) is 12.9. The molecule has 1 aromatic carbocycles. The average Bonchev–Trinajstić information content (AvgIpc) is 2.26. The Labute approximate surface area is 98.8 Å². The average molecular weight is 221 g/mol. The van der Waals surface area contributed by atoms with Gasteiger partial charge in [-0.05, 0) is 36.5 Å². The molecular formula is C14H23NO. The van der Waals surface area contributed by atoms with Crippen LogP contribution in [0.1, 0.15) is 44.4 Å². The quantitative estimate of drug-likeness (QED) is 0.826. The molecule has 0 saturated carbocycles. The highest BCUT2D eigenvalue weighted by Crippen LogP contribution is 2.25. The number of hydrogen-bond acceptors (Lipinski definition) is 2. The summed E-state index contributed by atoms with van der Waals surface area (Å²) in [7, 11) is 0. The third kappa shape index (κ3) is 3.24. The van der Waals surface area contributed by atoms with Crippen LogP contribution in [-0.2, 0) is 0 Å². The van der Waals surface area contributed by atoms with E-state index in [4.69, 9.17) is 10.5 Å². The van der Waals surface area contributed by atoms with E-state index in [0.29, 0.717) is 5.92 Å². The van der Waals surface area contributed by atoms with Crippen molar-refractivity contribution in [2.45, 2.75) is 40.2 Å². The lowest BCUT2D eigenvalue weighted by atomic mass is 9.95. The minimum atomic E-state index is 0.110. The van der Waals surface area contributed by atoms with E-state index in [0.717, 1.165) is 18.8 Å². The molecule has 2 heteroatoms. The molecule has 0 bridgehead atoms. The summed E-state index contributed by atoms with van der Waals surface area (Å²) in [6, 6.07) is 6.35. The molecule has 0 spiro atoms. The molecule has 0 aromatic heterocycles. The maximum atomic E-state index is 6.12. The Morgan fingerprint density at radius 2 is 2.00 bits per heavy atom. The van der Waals surface area contributed by atoms with Crippen LogP contribution in [0.4, 0.5) is 0 Å². The molecule has 2 N–H and O–H groups in total. The van der Waals surface area contributed by atoms with Crippen LogP contribution in [0.25, 0.3) is 0 Å². The van der Waals surface area contributed by atoms with Crippen LogP contribution in [0.2, 0.25) is 0 Å². The van der Waals surface area contributed by atoms with Crippen molar-refractivity contribution in [1.29, 1.82) is 0 Å². The second-order valence-corrected chi connectivity index (χ2v) is 4.64. The van der Waals surface area contributed by atoms with Gasteiger partial charge in [0.15, 0.2) is 0 Å². The number of hydrogen-bond donors (Lipinski definition) is 1. The van der Waals surface area contributed by atoms with Crippen LogP contribution in [0.3, 0.4) is 0 Å². The van der Waals surface area contributed by atoms with E-state index in [2.05, 4.69) is 39.8 Å². The van der Waals surface area contributed by atoms with Crippen LogP contribution in [-0.4, -0.2) is 6.61 Å². The van der Waals surface area contributed by atoms with Crippen molar-refractivity contribution in [1.82, 2.24) is 0 Å². The van der Waals surface area contributed by atoms with Crippen molar-refractivity contribution in [3.63, 3.8) is 0 Å². The predicted octanol–water partition coefficient (Wildman–Crippen LogP) is 3.44. The molecular weight excluding hydrogens is 198 g/mol. The molecule has 0 unspecified atom stereocenters. The molecule has 0 amide bonds. The Morgan fingerprint density at radius 3 is 2.50 bits per heavy atom. The summed E-state index contributed by atoms with van der Waals surface area (Å²) >= 11 is 0. The predicted molar refractivity (Wildman–Crippen MR) is 68.7 cm³/mol. The van der Waals surface area contributed by atoms with E-state index < -0.39 is 0 Å². The zero-order valence-corrected chi connectivity index (χ0v) is 10.8. The SMILES string of the molecule is CCCOc1ccc([C@@H](N)C(C)C)cc1C. The molecule has 0 saturated heterocycles. The summed E-state index contributed by atoms with van der Waals surface area (Å²) in [4.78, 5) is 0. The first kappa shape index (κ1) is 13.0. The molecule has 90 valence electrons. The molecule has 0 aliphatic carbocycles. The summed E-state index contributed by atoms with van der Waals surface area (Å²) in [5.41, 5.74) is 8.48. The van der Waals surface area contributed by atoms with Crippen molar-refractivity contribution < 1.29 is 4.74 Å². The van der Waals surface area contributed by atoms with Crippen molar-refractivity contribution >= 4 is 0 Å². The van der Waals surface area contributed by atoms with E-state index in [1.807, 2.05) is 6.07 Å². The number of aryl methyl sites for hydroxylation is 1. The number of benzene rings is 1. The van der Waals surface area contributed by atoms with Gasteiger partial charge in [0, 0.05) is 6.04 Å². The first-order valence-corrected chi connectivity index (χ1v) is 6.05. The van der Waals surface area contributed by atoms with E-state index in [-0.39, 0.29) is 6.04 Å². The van der Waals surface area contributed by atoms with Crippen molar-refractivity contribution in [2.24, 2.45) is 11.7 Å². The van der Waals surface area contributed by atoms with Crippen LogP contribution in [0, 0.1) is 12.8 Å². The second kappa shape index (κ2) is 5.90. The third-order valence-electron chi connectivity index (χ3n) is 2.76. The van der Waals surface area contributed by atoms with Gasteiger partial charge in [0.25, 0.3) is 0 Å². The molecule has 2 nitrogen and oxygen atoms in total. The second-order valence-electron chi connectivity index (χ2n) is 4.64. The zero-order valence-electron chi connectivity index (χ0n) is 10.8. The number of nitrogens with two attached hydrogens (primary N) is 1. The minimum absolute atomic E-state index is 0.110. The maximum absolute atomic E-state index is 6.12. The summed E-state index contributed by atoms with van der Waals surface area (Å²) in [5, 5.41) is 0. The van der Waals surface area contributed by atoms with Crippen molar-refractivity contribution in [2.75, 3.05) is 6.61 Å². The Bertz CT molecular complexity index is 334. The van der Waals surface area contributed by atoms with Gasteiger partial charge in [-0.1, -0.05) is 32.9 Å². The molecule has 0 fully saturated rings. The molecule has 16 heavy (non-hydrogen) atoms. The van der Waals surface area contributed by atoms with Gasteiger partial charge in [0.05, 0.1) is 6.61 Å². The smallest absolute Gasteiger partial charge is 0.122 e. The molecule has 0 aliphatic rings. The van der Waals surface area contributed by atoms with Gasteiger partial charge in [0.2, 0.25) is 0 Å². The topological polar surface area (TPSA) is 35.2 Å². The lowest BCUT2D eigenvalue weighted by Crippen LogP contribution is -2.16. The van der Waals surface area contributed by atoms with Gasteiger partial charge in [-0.25, -0.2) is 0 Å². The van der Waals surface area contributed by atoms with Gasteiger partial charge >= 0.3 is 0 Å². The van der Waals surface area contributed by atoms with Gasteiger partial charge in [-0.2, -0.15) is 0 Å². The summed E-state index contributed by atoms with van der Waals surface area (Å²) in [5.74, 6) is 1.43. The van der Waals surface area contributed by atoms with Crippen molar-refractivity contribution in [3.8, 4) is 5.75 Å². The molecule has 1 atom stereocenters. The Hall–Kier alpha value is -1.02. The maximum Gasteiger partial charge on any atom is 0.122 e. The monoisotopic (exact) mass is 221 g/mol. The van der Waals surface area contributed by atoms with Crippen molar-refractivity contribution in [3.05, 3.63) is 29.3 Å². The molecule has 0 heterocycles. The van der Waals surface area contributed by atoms with E-state index in [1.165, 1.54) is 11.1 Å². The molecule has 0 aliphatic heterocycles. The highest BCUT2D eigenvalue weighted by Gasteiger charge is 2.11. The van der Waals surface area contributed by atoms with Gasteiger partial charge in [-0.15, -0.1) is 0 Å². The van der Waals surface area contributed by atoms with Crippen LogP contribution >= 0.6 is 0 Å². The fraction of sp³-hybridized carbons (Fsp3) is 0.571. The van der Waals surface area contributed by atoms with E-state index >= 15 is 0 Å². The van der Waals surface area contributed by atoms with Gasteiger partial charge < -0.3 is 10.5 Å². The lowest BCUT2D eigenvalue weighted by Gasteiger charge is -2.17. The molecule has 1 rings (SSSR count). The summed E-state index contributed by atoms with van der Waals surface area (Å²) in [6.07, 6.45) is 1.03. The Balaban J connectivity index is 2.82. The van der Waals surface area contributed by atoms with Crippen LogP contribution < -0.4 is 10.5 Å². The Morgan fingerprint density at radius 1 is 1.31 bits per heavy atom. The van der Waals surface area contributed by atoms with Crippen LogP contribution in [0.5, 0.6) is 5.75 Å². The molecule has 1 aromatic rings. The summed E-state index contributed by atoms with van der Waals surface area (Å²) < 4.78 is 5.64. The first-order valence-electron chi connectivity index (χ1n) is 6.05. The number of ether oxygens (including phenoxy) is 1.